The number of carbonyl (C=O) groups excluding carboxylic acids is 2. The van der Waals surface area contributed by atoms with Gasteiger partial charge < -0.3 is 9.47 Å². The van der Waals surface area contributed by atoms with Gasteiger partial charge in [0.05, 0.1) is 19.4 Å². The molecule has 0 aromatic rings. The second-order valence-electron chi connectivity index (χ2n) is 5.55. The van der Waals surface area contributed by atoms with Crippen LogP contribution in [-0.4, -0.2) is 37.5 Å². The first kappa shape index (κ1) is 23.4. The minimum Gasteiger partial charge on any atom is -0.466 e. The largest absolute Gasteiger partial charge is 0.466 e. The van der Waals surface area contributed by atoms with Crippen molar-refractivity contribution in [2.24, 2.45) is 0 Å². The van der Waals surface area contributed by atoms with E-state index in [1.165, 1.54) is 12.8 Å². The van der Waals surface area contributed by atoms with E-state index in [-0.39, 0.29) is 13.0 Å². The van der Waals surface area contributed by atoms with Crippen molar-refractivity contribution in [3.8, 4) is 0 Å². The topological polar surface area (TPSA) is 52.6 Å². The van der Waals surface area contributed by atoms with Crippen molar-refractivity contribution < 1.29 is 36.6 Å². The fraction of sp³-hybridized carbons (Fsp3) is 0.765. The minimum absolute atomic E-state index is 0.191. The third kappa shape index (κ3) is 13.4. The minimum atomic E-state index is -4.39. The Hall–Kier alpha value is -1.60. The van der Waals surface area contributed by atoms with Gasteiger partial charge in [-0.3, -0.25) is 9.59 Å². The van der Waals surface area contributed by atoms with Gasteiger partial charge in [-0.1, -0.05) is 31.9 Å². The van der Waals surface area contributed by atoms with Gasteiger partial charge in [0.2, 0.25) is 0 Å². The number of halogens is 4. The van der Waals surface area contributed by atoms with E-state index < -0.39 is 37.3 Å². The molecule has 0 radical (unpaired) electrons. The Balaban J connectivity index is 3.65. The van der Waals surface area contributed by atoms with E-state index in [4.69, 9.17) is 4.74 Å². The molecule has 0 aliphatic rings. The predicted octanol–water partition coefficient (Wildman–Crippen LogP) is 4.67. The number of esters is 2. The molecule has 0 unspecified atom stereocenters. The van der Waals surface area contributed by atoms with Gasteiger partial charge in [0.15, 0.2) is 6.61 Å². The molecule has 0 aromatic carbocycles. The summed E-state index contributed by atoms with van der Waals surface area (Å²) in [5.41, 5.74) is 0. The average Bonchev–Trinajstić information content (AvgIpc) is 2.56. The zero-order chi connectivity index (χ0) is 19.1. The standard InChI is InChI=1S/C17H26F4O4/c1-2-3-4-5-6-7-8-9-12-24-14(22)10-11-15(23)25-13-17(20,21)16(18)19/h6-7,16H,2-5,8-13H2,1H3/b7-6+. The van der Waals surface area contributed by atoms with E-state index in [9.17, 15) is 27.2 Å². The molecule has 0 N–H and O–H groups in total. The second-order valence-corrected chi connectivity index (χ2v) is 5.55. The zero-order valence-electron chi connectivity index (χ0n) is 14.4. The third-order valence-corrected chi connectivity index (χ3v) is 3.20. The summed E-state index contributed by atoms with van der Waals surface area (Å²) >= 11 is 0. The van der Waals surface area contributed by atoms with Gasteiger partial charge in [-0.25, -0.2) is 8.78 Å². The lowest BCUT2D eigenvalue weighted by Crippen LogP contribution is -2.33. The molecule has 4 nitrogen and oxygen atoms in total. The van der Waals surface area contributed by atoms with Crippen molar-refractivity contribution in [3.05, 3.63) is 12.2 Å². The fourth-order valence-corrected chi connectivity index (χ4v) is 1.72. The van der Waals surface area contributed by atoms with Crippen LogP contribution in [0.1, 0.15) is 58.3 Å². The van der Waals surface area contributed by atoms with Crippen molar-refractivity contribution >= 4 is 11.9 Å². The number of ether oxygens (including phenoxy) is 2. The van der Waals surface area contributed by atoms with Crippen molar-refractivity contribution in [2.75, 3.05) is 13.2 Å². The summed E-state index contributed by atoms with van der Waals surface area (Å²) in [6.07, 6.45) is 5.32. The summed E-state index contributed by atoms with van der Waals surface area (Å²) in [6, 6.07) is 0. The van der Waals surface area contributed by atoms with Gasteiger partial charge in [0.1, 0.15) is 0 Å². The van der Waals surface area contributed by atoms with Crippen molar-refractivity contribution in [2.45, 2.75) is 70.6 Å². The molecular formula is C17H26F4O4. The first-order valence-corrected chi connectivity index (χ1v) is 8.41. The zero-order valence-corrected chi connectivity index (χ0v) is 14.4. The highest BCUT2D eigenvalue weighted by Gasteiger charge is 2.42. The third-order valence-electron chi connectivity index (χ3n) is 3.20. The van der Waals surface area contributed by atoms with Crippen LogP contribution in [-0.2, 0) is 19.1 Å². The molecule has 0 atom stereocenters. The molecule has 0 spiro atoms. The molecule has 0 aromatic heterocycles. The van der Waals surface area contributed by atoms with Crippen LogP contribution in [0, 0.1) is 0 Å². The van der Waals surface area contributed by atoms with E-state index in [0.717, 1.165) is 19.3 Å². The summed E-state index contributed by atoms with van der Waals surface area (Å²) in [7, 11) is 0. The first-order valence-electron chi connectivity index (χ1n) is 8.41. The van der Waals surface area contributed by atoms with Crippen LogP contribution in [0.3, 0.4) is 0 Å². The molecule has 0 saturated heterocycles. The summed E-state index contributed by atoms with van der Waals surface area (Å²) < 4.78 is 57.7. The van der Waals surface area contributed by atoms with Gasteiger partial charge in [-0.05, 0) is 25.7 Å². The quantitative estimate of drug-likeness (QED) is 0.193. The Morgan fingerprint density at radius 2 is 1.52 bits per heavy atom. The number of unbranched alkanes of at least 4 members (excludes halogenated alkanes) is 4. The maximum absolute atomic E-state index is 12.5. The summed E-state index contributed by atoms with van der Waals surface area (Å²) in [5, 5.41) is 0. The van der Waals surface area contributed by atoms with Crippen LogP contribution < -0.4 is 0 Å². The van der Waals surface area contributed by atoms with Gasteiger partial charge in [-0.2, -0.15) is 8.78 Å². The summed E-state index contributed by atoms with van der Waals surface area (Å²) in [5.74, 6) is -6.20. The summed E-state index contributed by atoms with van der Waals surface area (Å²) in [4.78, 5) is 22.5. The van der Waals surface area contributed by atoms with Gasteiger partial charge >= 0.3 is 24.3 Å². The Kier molecular flexibility index (Phi) is 12.8. The SMILES string of the molecule is CCCCC/C=C/CCCOC(=O)CCC(=O)OCC(F)(F)C(F)F. The molecule has 0 aliphatic heterocycles. The van der Waals surface area contributed by atoms with E-state index in [2.05, 4.69) is 17.7 Å². The molecule has 0 saturated carbocycles. The Labute approximate surface area is 145 Å². The van der Waals surface area contributed by atoms with Crippen LogP contribution in [0.5, 0.6) is 0 Å². The first-order chi connectivity index (χ1) is 11.8. The molecule has 0 aliphatic carbocycles. The number of rotatable bonds is 14. The van der Waals surface area contributed by atoms with E-state index in [0.29, 0.717) is 6.42 Å². The van der Waals surface area contributed by atoms with Crippen molar-refractivity contribution in [3.63, 3.8) is 0 Å². The highest BCUT2D eigenvalue weighted by atomic mass is 19.3. The highest BCUT2D eigenvalue weighted by Crippen LogP contribution is 2.23. The summed E-state index contributed by atoms with van der Waals surface area (Å²) in [6.45, 7) is 0.621. The van der Waals surface area contributed by atoms with Crippen molar-refractivity contribution in [1.82, 2.24) is 0 Å². The van der Waals surface area contributed by atoms with Crippen LogP contribution in [0.15, 0.2) is 12.2 Å². The predicted molar refractivity (Wildman–Crippen MR) is 84.6 cm³/mol. The normalized spacial score (nSPS) is 11.9. The molecule has 0 amide bonds. The fourth-order valence-electron chi connectivity index (χ4n) is 1.72. The molecule has 0 fully saturated rings. The van der Waals surface area contributed by atoms with Gasteiger partial charge in [0, 0.05) is 0 Å². The Bertz CT molecular complexity index is 411. The van der Waals surface area contributed by atoms with Crippen molar-refractivity contribution in [1.29, 1.82) is 0 Å². The maximum Gasteiger partial charge on any atom is 0.340 e. The van der Waals surface area contributed by atoms with E-state index >= 15 is 0 Å². The van der Waals surface area contributed by atoms with Crippen LogP contribution in [0.2, 0.25) is 0 Å². The molecule has 0 rings (SSSR count). The number of allylic oxidation sites excluding steroid dienone is 2. The molecule has 0 bridgehead atoms. The van der Waals surface area contributed by atoms with E-state index in [1.54, 1.807) is 0 Å². The molecule has 0 heterocycles. The smallest absolute Gasteiger partial charge is 0.340 e. The second kappa shape index (κ2) is 13.7. The number of hydrogen-bond donors (Lipinski definition) is 0. The molecular weight excluding hydrogens is 344 g/mol. The lowest BCUT2D eigenvalue weighted by molar-refractivity contribution is -0.180. The Morgan fingerprint density at radius 3 is 2.08 bits per heavy atom. The van der Waals surface area contributed by atoms with Crippen LogP contribution in [0.25, 0.3) is 0 Å². The molecule has 8 heteroatoms. The van der Waals surface area contributed by atoms with Crippen LogP contribution in [0.4, 0.5) is 17.6 Å². The lowest BCUT2D eigenvalue weighted by Gasteiger charge is -2.14. The Morgan fingerprint density at radius 1 is 0.960 bits per heavy atom. The monoisotopic (exact) mass is 370 g/mol. The maximum atomic E-state index is 12.5. The molecule has 146 valence electrons. The number of carbonyl (C=O) groups is 2. The van der Waals surface area contributed by atoms with Gasteiger partial charge in [-0.15, -0.1) is 0 Å². The number of hydrogen-bond acceptors (Lipinski definition) is 4. The average molecular weight is 370 g/mol. The van der Waals surface area contributed by atoms with E-state index in [1.807, 2.05) is 6.08 Å². The lowest BCUT2D eigenvalue weighted by atomic mass is 10.2. The van der Waals surface area contributed by atoms with Crippen LogP contribution >= 0.6 is 0 Å². The molecule has 25 heavy (non-hydrogen) atoms. The van der Waals surface area contributed by atoms with Gasteiger partial charge in [0.25, 0.3) is 0 Å². The highest BCUT2D eigenvalue weighted by molar-refractivity contribution is 5.77. The number of alkyl halides is 4.